The van der Waals surface area contributed by atoms with Crippen molar-refractivity contribution < 1.29 is 13.6 Å². The van der Waals surface area contributed by atoms with Crippen LogP contribution in [0.1, 0.15) is 35.2 Å². The molecule has 0 amide bonds. The fourth-order valence-electron chi connectivity index (χ4n) is 3.92. The number of carbonyl (C=O) groups excluding carboxylic acids is 1. The SMILES string of the molecule is O=C1CC(c2cccs2)CC2=C1C(c1cc(F)cc(F)c1)n1ncnc1N2. The summed E-state index contributed by atoms with van der Waals surface area (Å²) in [5, 5.41) is 9.37. The van der Waals surface area contributed by atoms with Crippen molar-refractivity contribution in [3.63, 3.8) is 0 Å². The Bertz CT molecular complexity index is 1050. The molecule has 5 rings (SSSR count). The molecule has 8 heteroatoms. The third-order valence-corrected chi connectivity index (χ3v) is 6.04. The Morgan fingerprint density at radius 3 is 2.74 bits per heavy atom. The maximum absolute atomic E-state index is 13.9. The van der Waals surface area contributed by atoms with Crippen molar-refractivity contribution in [1.29, 1.82) is 0 Å². The van der Waals surface area contributed by atoms with Gasteiger partial charge in [0.15, 0.2) is 5.78 Å². The van der Waals surface area contributed by atoms with Crippen molar-refractivity contribution in [2.45, 2.75) is 24.8 Å². The molecule has 0 bridgehead atoms. The van der Waals surface area contributed by atoms with Gasteiger partial charge in [-0.2, -0.15) is 10.1 Å². The van der Waals surface area contributed by atoms with E-state index in [1.54, 1.807) is 11.3 Å². The minimum Gasteiger partial charge on any atom is -0.328 e. The minimum atomic E-state index is -0.694. The lowest BCUT2D eigenvalue weighted by atomic mass is 9.80. The van der Waals surface area contributed by atoms with Crippen molar-refractivity contribution in [3.8, 4) is 0 Å². The zero-order valence-corrected chi connectivity index (χ0v) is 14.8. The first kappa shape index (κ1) is 16.3. The lowest BCUT2D eigenvalue weighted by molar-refractivity contribution is -0.116. The van der Waals surface area contributed by atoms with Gasteiger partial charge >= 0.3 is 0 Å². The maximum Gasteiger partial charge on any atom is 0.226 e. The van der Waals surface area contributed by atoms with Gasteiger partial charge in [0.1, 0.15) is 24.0 Å². The summed E-state index contributed by atoms with van der Waals surface area (Å²) >= 11 is 1.62. The number of benzene rings is 1. The lowest BCUT2D eigenvalue weighted by Gasteiger charge is -2.34. The van der Waals surface area contributed by atoms with Crippen molar-refractivity contribution >= 4 is 23.1 Å². The Balaban J connectivity index is 1.64. The van der Waals surface area contributed by atoms with Gasteiger partial charge in [0.05, 0.1) is 0 Å². The number of allylic oxidation sites excluding steroid dienone is 2. The number of hydrogen-bond acceptors (Lipinski definition) is 5. The molecule has 1 aromatic carbocycles. The molecule has 136 valence electrons. The van der Waals surface area contributed by atoms with Gasteiger partial charge in [-0.25, -0.2) is 13.5 Å². The monoisotopic (exact) mass is 384 g/mol. The third kappa shape index (κ3) is 2.68. The summed E-state index contributed by atoms with van der Waals surface area (Å²) in [6.45, 7) is 0. The molecule has 1 aliphatic heterocycles. The summed E-state index contributed by atoms with van der Waals surface area (Å²) in [6, 6.07) is 6.61. The van der Waals surface area contributed by atoms with E-state index in [0.717, 1.165) is 16.6 Å². The number of ketones is 1. The molecule has 2 unspecified atom stereocenters. The average Bonchev–Trinajstić information content (AvgIpc) is 3.30. The average molecular weight is 384 g/mol. The van der Waals surface area contributed by atoms with E-state index in [1.165, 1.54) is 23.1 Å². The van der Waals surface area contributed by atoms with Gasteiger partial charge in [-0.3, -0.25) is 4.79 Å². The van der Waals surface area contributed by atoms with Crippen LogP contribution in [0.15, 0.2) is 53.3 Å². The van der Waals surface area contributed by atoms with Crippen molar-refractivity contribution in [2.24, 2.45) is 0 Å². The molecule has 27 heavy (non-hydrogen) atoms. The third-order valence-electron chi connectivity index (χ3n) is 5.01. The molecule has 0 saturated heterocycles. The summed E-state index contributed by atoms with van der Waals surface area (Å²) in [5.74, 6) is -0.872. The highest BCUT2D eigenvalue weighted by atomic mass is 32.1. The van der Waals surface area contributed by atoms with Crippen LogP contribution in [0.25, 0.3) is 0 Å². The van der Waals surface area contributed by atoms with Crippen LogP contribution in [0, 0.1) is 11.6 Å². The molecule has 0 radical (unpaired) electrons. The standard InChI is InChI=1S/C19H14F2N4OS/c20-12-4-11(5-13(21)8-12)18-17-14(24-19-22-9-23-25(18)19)6-10(7-15(17)26)16-2-1-3-27-16/h1-5,8-10,18H,6-7H2,(H,22,23,24). The van der Waals surface area contributed by atoms with Crippen LogP contribution in [-0.2, 0) is 4.79 Å². The minimum absolute atomic E-state index is 0.0435. The molecular weight excluding hydrogens is 370 g/mol. The van der Waals surface area contributed by atoms with E-state index in [1.807, 2.05) is 17.5 Å². The number of halogens is 2. The van der Waals surface area contributed by atoms with Gasteiger partial charge in [0.2, 0.25) is 5.95 Å². The van der Waals surface area contributed by atoms with Crippen LogP contribution in [0.4, 0.5) is 14.7 Å². The van der Waals surface area contributed by atoms with Crippen LogP contribution in [0.5, 0.6) is 0 Å². The Morgan fingerprint density at radius 2 is 2.00 bits per heavy atom. The van der Waals surface area contributed by atoms with Crippen LogP contribution in [0.2, 0.25) is 0 Å². The summed E-state index contributed by atoms with van der Waals surface area (Å²) in [7, 11) is 0. The van der Waals surface area contributed by atoms with Crippen LogP contribution in [-0.4, -0.2) is 20.5 Å². The fourth-order valence-corrected chi connectivity index (χ4v) is 4.75. The second-order valence-corrected chi connectivity index (χ2v) is 7.67. The predicted octanol–water partition coefficient (Wildman–Crippen LogP) is 4.03. The molecule has 1 aliphatic carbocycles. The van der Waals surface area contributed by atoms with Crippen molar-refractivity contribution in [3.05, 3.63) is 75.4 Å². The first-order valence-corrected chi connectivity index (χ1v) is 9.40. The molecule has 2 aromatic heterocycles. The van der Waals surface area contributed by atoms with E-state index in [0.29, 0.717) is 29.9 Å². The van der Waals surface area contributed by atoms with Crippen LogP contribution in [0.3, 0.4) is 0 Å². The van der Waals surface area contributed by atoms with Gasteiger partial charge in [-0.1, -0.05) is 6.07 Å². The number of anilines is 1. The Morgan fingerprint density at radius 1 is 1.19 bits per heavy atom. The Labute approximate surface area is 157 Å². The number of nitrogens with zero attached hydrogens (tertiary/aromatic N) is 3. The molecule has 2 aliphatic rings. The predicted molar refractivity (Wildman–Crippen MR) is 96.5 cm³/mol. The van der Waals surface area contributed by atoms with E-state index >= 15 is 0 Å². The first-order valence-electron chi connectivity index (χ1n) is 8.52. The zero-order chi connectivity index (χ0) is 18.5. The number of rotatable bonds is 2. The number of nitrogens with one attached hydrogen (secondary N) is 1. The largest absolute Gasteiger partial charge is 0.328 e. The summed E-state index contributed by atoms with van der Waals surface area (Å²) < 4.78 is 29.2. The Hall–Kier alpha value is -2.87. The van der Waals surface area contributed by atoms with Gasteiger partial charge in [-0.15, -0.1) is 11.3 Å². The number of aromatic nitrogens is 3. The second-order valence-electron chi connectivity index (χ2n) is 6.69. The molecule has 3 aromatic rings. The smallest absolute Gasteiger partial charge is 0.226 e. The number of carbonyl (C=O) groups is 1. The van der Waals surface area contributed by atoms with Gasteiger partial charge < -0.3 is 5.32 Å². The first-order chi connectivity index (χ1) is 13.1. The van der Waals surface area contributed by atoms with Crippen LogP contribution < -0.4 is 5.32 Å². The summed E-state index contributed by atoms with van der Waals surface area (Å²) in [5.41, 5.74) is 1.60. The van der Waals surface area contributed by atoms with Crippen molar-refractivity contribution in [2.75, 3.05) is 5.32 Å². The van der Waals surface area contributed by atoms with Crippen molar-refractivity contribution in [1.82, 2.24) is 14.8 Å². The highest BCUT2D eigenvalue weighted by molar-refractivity contribution is 7.10. The molecular formula is C19H14F2N4OS. The second kappa shape index (κ2) is 6.09. The van der Waals surface area contributed by atoms with Gasteiger partial charge in [0, 0.05) is 34.6 Å². The Kier molecular flexibility index (Phi) is 3.68. The number of Topliss-reactive ketones (excluding diaryl/α,β-unsaturated/α-hetero) is 1. The van der Waals surface area contributed by atoms with E-state index in [4.69, 9.17) is 0 Å². The zero-order valence-electron chi connectivity index (χ0n) is 14.0. The molecule has 0 spiro atoms. The molecule has 3 heterocycles. The molecule has 0 fully saturated rings. The quantitative estimate of drug-likeness (QED) is 0.725. The highest BCUT2D eigenvalue weighted by Gasteiger charge is 2.39. The number of thiophene rings is 1. The van der Waals surface area contributed by atoms with Gasteiger partial charge in [0.25, 0.3) is 0 Å². The van der Waals surface area contributed by atoms with Crippen LogP contribution >= 0.6 is 11.3 Å². The topological polar surface area (TPSA) is 59.8 Å². The molecule has 5 nitrogen and oxygen atoms in total. The lowest BCUT2D eigenvalue weighted by Crippen LogP contribution is -2.33. The fraction of sp³-hybridized carbons (Fsp3) is 0.211. The molecule has 1 N–H and O–H groups in total. The highest BCUT2D eigenvalue weighted by Crippen LogP contribution is 2.44. The number of hydrogen-bond donors (Lipinski definition) is 1. The summed E-state index contributed by atoms with van der Waals surface area (Å²) in [6.07, 6.45) is 2.37. The molecule has 0 saturated carbocycles. The van der Waals surface area contributed by atoms with E-state index < -0.39 is 17.7 Å². The van der Waals surface area contributed by atoms with Gasteiger partial charge in [-0.05, 0) is 35.6 Å². The van der Waals surface area contributed by atoms with E-state index in [-0.39, 0.29) is 11.7 Å². The van der Waals surface area contributed by atoms with E-state index in [9.17, 15) is 13.6 Å². The number of fused-ring (bicyclic) bond motifs is 1. The van der Waals surface area contributed by atoms with E-state index in [2.05, 4.69) is 15.4 Å². The normalized spacial score (nSPS) is 21.6. The summed E-state index contributed by atoms with van der Waals surface area (Å²) in [4.78, 5) is 18.4. The maximum atomic E-state index is 13.9. The molecule has 2 atom stereocenters.